The number of hydrazine groups is 1. The number of rotatable bonds is 3. The number of thiazole rings is 1. The van der Waals surface area contributed by atoms with E-state index < -0.39 is 0 Å². The molecule has 0 atom stereocenters. The highest BCUT2D eigenvalue weighted by atomic mass is 32.1. The Morgan fingerprint density at radius 3 is 2.88 bits per heavy atom. The summed E-state index contributed by atoms with van der Waals surface area (Å²) in [6, 6.07) is 0. The Kier molecular flexibility index (Phi) is 4.06. The molecule has 94 valence electrons. The maximum Gasteiger partial charge on any atom is 0.284 e. The number of nitrogens with zero attached hydrogens (tertiary/aromatic N) is 3. The molecule has 1 aliphatic rings. The Hall–Kier alpha value is -1.02. The van der Waals surface area contributed by atoms with Gasteiger partial charge in [0.1, 0.15) is 10.7 Å². The largest absolute Gasteiger partial charge is 0.304 e. The molecule has 0 aliphatic carbocycles. The van der Waals surface area contributed by atoms with Gasteiger partial charge in [-0.05, 0) is 7.05 Å². The molecule has 1 aromatic heterocycles. The van der Waals surface area contributed by atoms with Crippen LogP contribution >= 0.6 is 11.3 Å². The molecule has 1 amide bonds. The van der Waals surface area contributed by atoms with Crippen molar-refractivity contribution in [3.8, 4) is 0 Å². The van der Waals surface area contributed by atoms with Crippen molar-refractivity contribution in [1.82, 2.24) is 20.2 Å². The third-order valence-corrected chi connectivity index (χ3v) is 3.70. The Morgan fingerprint density at radius 1 is 1.53 bits per heavy atom. The average molecular weight is 255 g/mol. The fourth-order valence-corrected chi connectivity index (χ4v) is 2.57. The van der Waals surface area contributed by atoms with Gasteiger partial charge < -0.3 is 4.90 Å². The molecular weight excluding hydrogens is 238 g/mol. The van der Waals surface area contributed by atoms with Gasteiger partial charge in [0.15, 0.2) is 0 Å². The van der Waals surface area contributed by atoms with Gasteiger partial charge in [0.25, 0.3) is 5.91 Å². The maximum atomic E-state index is 11.2. The first-order chi connectivity index (χ1) is 8.19. The van der Waals surface area contributed by atoms with Gasteiger partial charge in [-0.1, -0.05) is 0 Å². The maximum absolute atomic E-state index is 11.2. The second kappa shape index (κ2) is 5.54. The van der Waals surface area contributed by atoms with Crippen molar-refractivity contribution in [2.45, 2.75) is 6.54 Å². The first kappa shape index (κ1) is 12.4. The summed E-state index contributed by atoms with van der Waals surface area (Å²) in [6.07, 6.45) is 0. The topological polar surface area (TPSA) is 74.5 Å². The van der Waals surface area contributed by atoms with Crippen LogP contribution in [0.3, 0.4) is 0 Å². The second-order valence-electron chi connectivity index (χ2n) is 4.18. The van der Waals surface area contributed by atoms with Crippen LogP contribution in [0.2, 0.25) is 0 Å². The van der Waals surface area contributed by atoms with Crippen molar-refractivity contribution in [3.63, 3.8) is 0 Å². The summed E-state index contributed by atoms with van der Waals surface area (Å²) in [6.45, 7) is 5.09. The molecule has 0 bridgehead atoms. The minimum atomic E-state index is -0.328. The van der Waals surface area contributed by atoms with Crippen molar-refractivity contribution in [2.75, 3.05) is 33.2 Å². The Bertz CT molecular complexity index is 386. The van der Waals surface area contributed by atoms with Crippen LogP contribution in [0.1, 0.15) is 15.5 Å². The van der Waals surface area contributed by atoms with E-state index in [0.717, 1.165) is 37.7 Å². The number of likely N-dealkylation sites (N-methyl/N-ethyl adjacent to an activating group) is 1. The van der Waals surface area contributed by atoms with Gasteiger partial charge in [0.2, 0.25) is 0 Å². The fraction of sp³-hybridized carbons (Fsp3) is 0.600. The second-order valence-corrected chi connectivity index (χ2v) is 5.12. The monoisotopic (exact) mass is 255 g/mol. The van der Waals surface area contributed by atoms with E-state index in [0.29, 0.717) is 5.69 Å². The predicted octanol–water partition coefficient (Wildman–Crippen LogP) is -0.506. The molecule has 2 heterocycles. The Morgan fingerprint density at radius 2 is 2.24 bits per heavy atom. The summed E-state index contributed by atoms with van der Waals surface area (Å²) >= 11 is 1.50. The molecule has 0 unspecified atom stereocenters. The molecule has 1 fully saturated rings. The van der Waals surface area contributed by atoms with Crippen LogP contribution in [-0.2, 0) is 6.54 Å². The number of carbonyl (C=O) groups excluding carboxylic acids is 1. The fourth-order valence-electron chi connectivity index (χ4n) is 1.76. The number of carbonyl (C=O) groups is 1. The minimum Gasteiger partial charge on any atom is -0.304 e. The highest BCUT2D eigenvalue weighted by Gasteiger charge is 2.16. The number of hydrogen-bond donors (Lipinski definition) is 2. The molecule has 6 nitrogen and oxygen atoms in total. The Balaban J connectivity index is 1.90. The predicted molar refractivity (Wildman–Crippen MR) is 66.5 cm³/mol. The van der Waals surface area contributed by atoms with Crippen LogP contribution in [0.5, 0.6) is 0 Å². The van der Waals surface area contributed by atoms with E-state index in [-0.39, 0.29) is 5.91 Å². The van der Waals surface area contributed by atoms with E-state index in [1.165, 1.54) is 11.3 Å². The number of nitrogens with one attached hydrogen (secondary N) is 1. The van der Waals surface area contributed by atoms with Crippen LogP contribution < -0.4 is 11.3 Å². The summed E-state index contributed by atoms with van der Waals surface area (Å²) in [5, 5.41) is 2.71. The lowest BCUT2D eigenvalue weighted by Crippen LogP contribution is -2.43. The van der Waals surface area contributed by atoms with Gasteiger partial charge in [-0.15, -0.1) is 11.3 Å². The summed E-state index contributed by atoms with van der Waals surface area (Å²) in [4.78, 5) is 20.2. The normalized spacial score (nSPS) is 18.2. The van der Waals surface area contributed by atoms with E-state index in [4.69, 9.17) is 5.84 Å². The van der Waals surface area contributed by atoms with E-state index in [1.54, 1.807) is 5.38 Å². The van der Waals surface area contributed by atoms with Crippen LogP contribution in [-0.4, -0.2) is 53.9 Å². The van der Waals surface area contributed by atoms with Gasteiger partial charge >= 0.3 is 0 Å². The molecule has 7 heteroatoms. The van der Waals surface area contributed by atoms with Gasteiger partial charge in [0, 0.05) is 31.6 Å². The van der Waals surface area contributed by atoms with Crippen LogP contribution in [0, 0.1) is 0 Å². The lowest BCUT2D eigenvalue weighted by molar-refractivity contribution is 0.0948. The first-order valence-electron chi connectivity index (χ1n) is 5.55. The quantitative estimate of drug-likeness (QED) is 0.432. The molecule has 0 saturated carbocycles. The molecule has 0 radical (unpaired) electrons. The van der Waals surface area contributed by atoms with Gasteiger partial charge in [-0.25, -0.2) is 10.8 Å². The van der Waals surface area contributed by atoms with E-state index in [2.05, 4.69) is 27.3 Å². The zero-order chi connectivity index (χ0) is 12.3. The molecule has 0 aromatic carbocycles. The summed E-state index contributed by atoms with van der Waals surface area (Å²) in [5.41, 5.74) is 2.49. The molecule has 1 saturated heterocycles. The number of hydrogen-bond acceptors (Lipinski definition) is 6. The third kappa shape index (κ3) is 3.22. The number of amides is 1. The van der Waals surface area contributed by atoms with Crippen molar-refractivity contribution >= 4 is 17.2 Å². The standard InChI is InChI=1S/C10H17N5OS/c1-14-2-4-15(5-3-14)6-9-12-8(7-17-9)10(16)13-11/h7H,2-6,11H2,1H3,(H,13,16). The molecule has 3 N–H and O–H groups in total. The van der Waals surface area contributed by atoms with Gasteiger partial charge in [-0.2, -0.15) is 0 Å². The third-order valence-electron chi connectivity index (χ3n) is 2.87. The molecule has 1 aliphatic heterocycles. The number of nitrogens with two attached hydrogens (primary N) is 1. The van der Waals surface area contributed by atoms with Crippen molar-refractivity contribution in [1.29, 1.82) is 0 Å². The summed E-state index contributed by atoms with van der Waals surface area (Å²) in [7, 11) is 2.13. The zero-order valence-electron chi connectivity index (χ0n) is 9.85. The van der Waals surface area contributed by atoms with Crippen molar-refractivity contribution in [2.24, 2.45) is 5.84 Å². The number of aromatic nitrogens is 1. The highest BCUT2D eigenvalue weighted by molar-refractivity contribution is 7.09. The summed E-state index contributed by atoms with van der Waals surface area (Å²) < 4.78 is 0. The number of nitrogen functional groups attached to an aromatic ring is 1. The SMILES string of the molecule is CN1CCN(Cc2nc(C(=O)NN)cs2)CC1. The minimum absolute atomic E-state index is 0.328. The first-order valence-corrected chi connectivity index (χ1v) is 6.43. The van der Waals surface area contributed by atoms with E-state index >= 15 is 0 Å². The van der Waals surface area contributed by atoms with Crippen LogP contribution in [0.15, 0.2) is 5.38 Å². The average Bonchev–Trinajstić information content (AvgIpc) is 2.80. The van der Waals surface area contributed by atoms with Crippen molar-refractivity contribution in [3.05, 3.63) is 16.1 Å². The molecule has 2 rings (SSSR count). The van der Waals surface area contributed by atoms with E-state index in [1.807, 2.05) is 0 Å². The lowest BCUT2D eigenvalue weighted by Gasteiger charge is -2.31. The van der Waals surface area contributed by atoms with Gasteiger partial charge in [0.05, 0.1) is 6.54 Å². The summed E-state index contributed by atoms with van der Waals surface area (Å²) in [5.74, 6) is 4.73. The van der Waals surface area contributed by atoms with Crippen LogP contribution in [0.25, 0.3) is 0 Å². The highest BCUT2D eigenvalue weighted by Crippen LogP contribution is 2.13. The molecule has 17 heavy (non-hydrogen) atoms. The molecule has 0 spiro atoms. The van der Waals surface area contributed by atoms with Crippen LogP contribution in [0.4, 0.5) is 0 Å². The smallest absolute Gasteiger partial charge is 0.284 e. The zero-order valence-corrected chi connectivity index (χ0v) is 10.7. The van der Waals surface area contributed by atoms with Gasteiger partial charge in [-0.3, -0.25) is 15.1 Å². The lowest BCUT2D eigenvalue weighted by atomic mass is 10.3. The van der Waals surface area contributed by atoms with Crippen molar-refractivity contribution < 1.29 is 4.79 Å². The molecule has 1 aromatic rings. The molecular formula is C10H17N5OS. The Labute approximate surface area is 104 Å². The van der Waals surface area contributed by atoms with E-state index in [9.17, 15) is 4.79 Å². The number of piperazine rings is 1.